The van der Waals surface area contributed by atoms with Crippen LogP contribution in [-0.2, 0) is 0 Å². The van der Waals surface area contributed by atoms with Crippen LogP contribution < -0.4 is 5.32 Å². The smallest absolute Gasteiger partial charge is 0.0456 e. The molecule has 3 rings (SSSR count). The first-order chi connectivity index (χ1) is 7.33. The summed E-state index contributed by atoms with van der Waals surface area (Å²) in [6.45, 7) is 2.25. The number of rotatable bonds is 1. The number of hydrogen-bond donors (Lipinski definition) is 2. The summed E-state index contributed by atoms with van der Waals surface area (Å²) in [6, 6.07) is 8.65. The van der Waals surface area contributed by atoms with E-state index in [1.54, 1.807) is 0 Å². The summed E-state index contributed by atoms with van der Waals surface area (Å²) in [4.78, 5) is 3.50. The molecule has 0 aliphatic carbocycles. The molecule has 1 aliphatic rings. The first kappa shape index (κ1) is 9.43. The highest BCUT2D eigenvalue weighted by Crippen LogP contribution is 2.27. The molecular formula is C12H13BrN2. The van der Waals surface area contributed by atoms with Crippen molar-refractivity contribution in [3.05, 3.63) is 34.4 Å². The summed E-state index contributed by atoms with van der Waals surface area (Å²) in [5.41, 5.74) is 2.60. The van der Waals surface area contributed by atoms with Gasteiger partial charge in [-0.25, -0.2) is 0 Å². The number of hydrogen-bond acceptors (Lipinski definition) is 1. The van der Waals surface area contributed by atoms with E-state index in [1.165, 1.54) is 23.0 Å². The molecule has 0 unspecified atom stereocenters. The zero-order valence-electron chi connectivity index (χ0n) is 8.39. The van der Waals surface area contributed by atoms with Crippen molar-refractivity contribution >= 4 is 26.8 Å². The minimum Gasteiger partial charge on any atom is -0.358 e. The van der Waals surface area contributed by atoms with E-state index in [-0.39, 0.29) is 0 Å². The second-order valence-electron chi connectivity index (χ2n) is 4.15. The third kappa shape index (κ3) is 1.70. The summed E-state index contributed by atoms with van der Waals surface area (Å²) in [6.07, 6.45) is 1.24. The Morgan fingerprint density at radius 3 is 3.00 bits per heavy atom. The van der Waals surface area contributed by atoms with Crippen molar-refractivity contribution in [2.24, 2.45) is 0 Å². The minimum absolute atomic E-state index is 0.663. The van der Waals surface area contributed by atoms with Crippen LogP contribution in [0.5, 0.6) is 0 Å². The van der Waals surface area contributed by atoms with Crippen LogP contribution in [0.1, 0.15) is 18.0 Å². The number of aromatic nitrogens is 1. The van der Waals surface area contributed by atoms with E-state index in [4.69, 9.17) is 0 Å². The summed E-state index contributed by atoms with van der Waals surface area (Å²) >= 11 is 3.50. The molecule has 1 fully saturated rings. The van der Waals surface area contributed by atoms with Crippen LogP contribution in [0.3, 0.4) is 0 Å². The van der Waals surface area contributed by atoms with E-state index in [9.17, 15) is 0 Å². The van der Waals surface area contributed by atoms with Gasteiger partial charge in [0.25, 0.3) is 0 Å². The second-order valence-corrected chi connectivity index (χ2v) is 5.06. The van der Waals surface area contributed by atoms with Gasteiger partial charge in [-0.3, -0.25) is 0 Å². The molecule has 15 heavy (non-hydrogen) atoms. The number of aromatic amines is 1. The van der Waals surface area contributed by atoms with Gasteiger partial charge in [0.05, 0.1) is 0 Å². The number of fused-ring (bicyclic) bond motifs is 1. The van der Waals surface area contributed by atoms with Gasteiger partial charge in [0.1, 0.15) is 0 Å². The normalized spacial score (nSPS) is 21.3. The Kier molecular flexibility index (Phi) is 2.29. The molecule has 1 aliphatic heterocycles. The molecule has 1 aromatic heterocycles. The maximum atomic E-state index is 3.50. The van der Waals surface area contributed by atoms with Gasteiger partial charge in [0.2, 0.25) is 0 Å². The van der Waals surface area contributed by atoms with Crippen molar-refractivity contribution in [3.8, 4) is 0 Å². The van der Waals surface area contributed by atoms with Crippen molar-refractivity contribution in [3.63, 3.8) is 0 Å². The first-order valence-corrected chi connectivity index (χ1v) is 6.11. The fourth-order valence-electron chi connectivity index (χ4n) is 2.27. The van der Waals surface area contributed by atoms with E-state index in [1.807, 2.05) is 0 Å². The van der Waals surface area contributed by atoms with Gasteiger partial charge in [0, 0.05) is 33.5 Å². The Morgan fingerprint density at radius 1 is 1.27 bits per heavy atom. The highest BCUT2D eigenvalue weighted by atomic mass is 79.9. The monoisotopic (exact) mass is 264 g/mol. The summed E-state index contributed by atoms with van der Waals surface area (Å²) in [7, 11) is 0. The fraction of sp³-hybridized carbons (Fsp3) is 0.333. The molecule has 1 atom stereocenters. The number of nitrogens with one attached hydrogen (secondary N) is 2. The Hall–Kier alpha value is -0.800. The van der Waals surface area contributed by atoms with Crippen LogP contribution in [0, 0.1) is 0 Å². The van der Waals surface area contributed by atoms with Crippen LogP contribution in [0.4, 0.5) is 0 Å². The van der Waals surface area contributed by atoms with Crippen molar-refractivity contribution in [1.82, 2.24) is 10.3 Å². The third-order valence-electron chi connectivity index (χ3n) is 3.10. The Bertz CT molecular complexity index is 483. The molecule has 1 saturated heterocycles. The molecule has 2 aromatic rings. The van der Waals surface area contributed by atoms with Crippen LogP contribution in [0.15, 0.2) is 28.7 Å². The predicted molar refractivity (Wildman–Crippen MR) is 66.2 cm³/mol. The number of H-pyrrole nitrogens is 1. The van der Waals surface area contributed by atoms with Gasteiger partial charge in [-0.1, -0.05) is 15.9 Å². The Morgan fingerprint density at radius 2 is 2.20 bits per heavy atom. The molecule has 2 heterocycles. The summed E-state index contributed by atoms with van der Waals surface area (Å²) < 4.78 is 1.14. The quantitative estimate of drug-likeness (QED) is 0.815. The Labute approximate surface area is 97.2 Å². The van der Waals surface area contributed by atoms with Gasteiger partial charge in [0.15, 0.2) is 0 Å². The lowest BCUT2D eigenvalue weighted by atomic mass is 10.1. The van der Waals surface area contributed by atoms with Crippen molar-refractivity contribution in [1.29, 1.82) is 0 Å². The lowest BCUT2D eigenvalue weighted by Gasteiger charge is -2.03. The topological polar surface area (TPSA) is 27.8 Å². The molecule has 0 amide bonds. The first-order valence-electron chi connectivity index (χ1n) is 5.32. The molecule has 0 saturated carbocycles. The molecular weight excluding hydrogens is 252 g/mol. The predicted octanol–water partition coefficient (Wildman–Crippen LogP) is 3.01. The van der Waals surface area contributed by atoms with Crippen LogP contribution in [0.25, 0.3) is 10.9 Å². The minimum atomic E-state index is 0.663. The average Bonchev–Trinajstić information content (AvgIpc) is 2.84. The van der Waals surface area contributed by atoms with Crippen LogP contribution >= 0.6 is 15.9 Å². The van der Waals surface area contributed by atoms with E-state index in [0.717, 1.165) is 17.6 Å². The SMILES string of the molecule is Brc1ccc2[nH]c([C@H]3CCNC3)cc2c1. The zero-order valence-corrected chi connectivity index (χ0v) is 9.97. The van der Waals surface area contributed by atoms with Crippen molar-refractivity contribution in [2.45, 2.75) is 12.3 Å². The number of benzene rings is 1. The van der Waals surface area contributed by atoms with E-state index in [0.29, 0.717) is 5.92 Å². The maximum absolute atomic E-state index is 3.50. The number of halogens is 1. The van der Waals surface area contributed by atoms with Crippen molar-refractivity contribution in [2.75, 3.05) is 13.1 Å². The van der Waals surface area contributed by atoms with E-state index < -0.39 is 0 Å². The standard InChI is InChI=1S/C12H13BrN2/c13-10-1-2-11-9(5-10)6-12(15-11)8-3-4-14-7-8/h1-2,5-6,8,14-15H,3-4,7H2/t8-/m0/s1. The molecule has 2 nitrogen and oxygen atoms in total. The lowest BCUT2D eigenvalue weighted by molar-refractivity contribution is 0.743. The van der Waals surface area contributed by atoms with Crippen LogP contribution in [0.2, 0.25) is 0 Å². The third-order valence-corrected chi connectivity index (χ3v) is 3.60. The molecule has 0 bridgehead atoms. The maximum Gasteiger partial charge on any atom is 0.0456 e. The Balaban J connectivity index is 2.05. The largest absolute Gasteiger partial charge is 0.358 e. The lowest BCUT2D eigenvalue weighted by Crippen LogP contribution is -2.07. The highest BCUT2D eigenvalue weighted by Gasteiger charge is 2.18. The van der Waals surface area contributed by atoms with E-state index in [2.05, 4.69) is 50.5 Å². The van der Waals surface area contributed by atoms with Crippen LogP contribution in [-0.4, -0.2) is 18.1 Å². The average molecular weight is 265 g/mol. The molecule has 0 spiro atoms. The molecule has 3 heteroatoms. The van der Waals surface area contributed by atoms with E-state index >= 15 is 0 Å². The molecule has 78 valence electrons. The summed E-state index contributed by atoms with van der Waals surface area (Å²) in [5.74, 6) is 0.663. The van der Waals surface area contributed by atoms with Gasteiger partial charge >= 0.3 is 0 Å². The molecule has 0 radical (unpaired) electrons. The van der Waals surface area contributed by atoms with Gasteiger partial charge in [-0.15, -0.1) is 0 Å². The van der Waals surface area contributed by atoms with Gasteiger partial charge in [-0.05, 0) is 37.2 Å². The van der Waals surface area contributed by atoms with Gasteiger partial charge in [-0.2, -0.15) is 0 Å². The van der Waals surface area contributed by atoms with Crippen molar-refractivity contribution < 1.29 is 0 Å². The van der Waals surface area contributed by atoms with Gasteiger partial charge < -0.3 is 10.3 Å². The second kappa shape index (κ2) is 3.65. The zero-order chi connectivity index (χ0) is 10.3. The molecule has 1 aromatic carbocycles. The highest BCUT2D eigenvalue weighted by molar-refractivity contribution is 9.10. The fourth-order valence-corrected chi connectivity index (χ4v) is 2.64. The summed E-state index contributed by atoms with van der Waals surface area (Å²) in [5, 5.41) is 4.69. The molecule has 2 N–H and O–H groups in total.